The van der Waals surface area contributed by atoms with Gasteiger partial charge in [-0.15, -0.1) is 0 Å². The molecule has 4 rings (SSSR count). The summed E-state index contributed by atoms with van der Waals surface area (Å²) in [4.78, 5) is 53.2. The first kappa shape index (κ1) is 26.3. The predicted molar refractivity (Wildman–Crippen MR) is 137 cm³/mol. The van der Waals surface area contributed by atoms with Gasteiger partial charge in [-0.2, -0.15) is 0 Å². The lowest BCUT2D eigenvalue weighted by Crippen LogP contribution is -2.81. The van der Waals surface area contributed by atoms with Crippen molar-refractivity contribution in [3.05, 3.63) is 101 Å². The number of nitro benzene ring substituents is 1. The first-order valence-electron chi connectivity index (χ1n) is 12.1. The van der Waals surface area contributed by atoms with Crippen LogP contribution in [0.5, 0.6) is 5.75 Å². The largest absolute Gasteiger partial charge is 0.464 e. The fourth-order valence-corrected chi connectivity index (χ4v) is 4.77. The number of para-hydroxylation sites is 2. The summed E-state index contributed by atoms with van der Waals surface area (Å²) in [6.07, 6.45) is 0. The summed E-state index contributed by atoms with van der Waals surface area (Å²) in [5.41, 5.74) is -1.56. The number of benzene rings is 3. The zero-order valence-corrected chi connectivity index (χ0v) is 20.8. The molecule has 0 N–H and O–H groups in total. The fraction of sp³-hybridized carbons (Fsp3) is 0.250. The second kappa shape index (κ2) is 11.1. The molecule has 2 unspecified atom stereocenters. The van der Waals surface area contributed by atoms with Crippen LogP contribution in [-0.4, -0.2) is 47.6 Å². The maximum Gasteiger partial charge on any atom is 0.344 e. The number of rotatable bonds is 9. The topological polar surface area (TPSA) is 125 Å². The Kier molecular flexibility index (Phi) is 7.71. The van der Waals surface area contributed by atoms with Crippen LogP contribution in [0.15, 0.2) is 84.9 Å². The number of nitro groups is 1. The third-order valence-electron chi connectivity index (χ3n) is 6.30. The van der Waals surface area contributed by atoms with Crippen LogP contribution in [0.2, 0.25) is 0 Å². The average Bonchev–Trinajstić information content (AvgIpc) is 2.90. The third kappa shape index (κ3) is 4.56. The minimum absolute atomic E-state index is 0.0330. The number of hydrogen-bond donors (Lipinski definition) is 0. The van der Waals surface area contributed by atoms with Gasteiger partial charge in [0.25, 0.3) is 5.69 Å². The molecule has 0 spiro atoms. The van der Waals surface area contributed by atoms with Crippen LogP contribution in [0.4, 0.5) is 11.4 Å². The van der Waals surface area contributed by atoms with Crippen molar-refractivity contribution in [3.8, 4) is 5.75 Å². The van der Waals surface area contributed by atoms with Crippen LogP contribution in [0.1, 0.15) is 25.3 Å². The van der Waals surface area contributed by atoms with Crippen LogP contribution >= 0.6 is 0 Å². The van der Waals surface area contributed by atoms with Gasteiger partial charge in [-0.1, -0.05) is 48.5 Å². The van der Waals surface area contributed by atoms with Crippen molar-refractivity contribution in [2.24, 2.45) is 0 Å². The molecule has 1 heterocycles. The van der Waals surface area contributed by atoms with Gasteiger partial charge < -0.3 is 19.1 Å². The van der Waals surface area contributed by atoms with Crippen molar-refractivity contribution >= 4 is 29.3 Å². The summed E-state index contributed by atoms with van der Waals surface area (Å²) in [6.45, 7) is 3.14. The van der Waals surface area contributed by atoms with Gasteiger partial charge in [0.15, 0.2) is 0 Å². The summed E-state index contributed by atoms with van der Waals surface area (Å²) >= 11 is 0. The minimum atomic E-state index is -2.09. The van der Waals surface area contributed by atoms with E-state index in [0.29, 0.717) is 11.3 Å². The number of esters is 3. The highest BCUT2D eigenvalue weighted by Gasteiger charge is 2.74. The lowest BCUT2D eigenvalue weighted by atomic mass is 9.63. The van der Waals surface area contributed by atoms with Gasteiger partial charge in [-0.05, 0) is 43.7 Å². The summed E-state index contributed by atoms with van der Waals surface area (Å²) < 4.78 is 16.4. The monoisotopic (exact) mass is 518 g/mol. The molecule has 0 saturated carbocycles. The fourth-order valence-electron chi connectivity index (χ4n) is 4.77. The van der Waals surface area contributed by atoms with Crippen LogP contribution in [0.3, 0.4) is 0 Å². The molecule has 0 amide bonds. The van der Waals surface area contributed by atoms with Crippen molar-refractivity contribution in [3.63, 3.8) is 0 Å². The summed E-state index contributed by atoms with van der Waals surface area (Å²) in [5, 5.41) is 11.3. The Bertz CT molecular complexity index is 1290. The Labute approximate surface area is 218 Å². The Morgan fingerprint density at radius 3 is 1.87 bits per heavy atom. The summed E-state index contributed by atoms with van der Waals surface area (Å²) in [5.74, 6) is -3.41. The van der Waals surface area contributed by atoms with Gasteiger partial charge in [0, 0.05) is 17.8 Å². The van der Waals surface area contributed by atoms with Gasteiger partial charge in [-0.25, -0.2) is 14.4 Å². The van der Waals surface area contributed by atoms with E-state index in [4.69, 9.17) is 14.2 Å². The molecule has 3 aromatic carbocycles. The van der Waals surface area contributed by atoms with E-state index in [9.17, 15) is 24.5 Å². The highest BCUT2D eigenvalue weighted by molar-refractivity contribution is 6.15. The van der Waals surface area contributed by atoms with E-state index in [-0.39, 0.29) is 24.7 Å². The second-order valence-corrected chi connectivity index (χ2v) is 8.42. The maximum absolute atomic E-state index is 13.7. The van der Waals surface area contributed by atoms with Crippen LogP contribution in [0.25, 0.3) is 0 Å². The van der Waals surface area contributed by atoms with E-state index in [1.54, 1.807) is 74.5 Å². The molecular formula is C28H26N2O8. The molecule has 10 nitrogen and oxygen atoms in total. The minimum Gasteiger partial charge on any atom is -0.464 e. The summed E-state index contributed by atoms with van der Waals surface area (Å²) in [6, 6.07) is 21.0. The Hall–Kier alpha value is -4.73. The van der Waals surface area contributed by atoms with Gasteiger partial charge in [0.2, 0.25) is 5.54 Å². The smallest absolute Gasteiger partial charge is 0.344 e. The number of ether oxygens (including phenoxy) is 3. The van der Waals surface area contributed by atoms with Crippen LogP contribution in [-0.2, 0) is 23.9 Å². The van der Waals surface area contributed by atoms with Crippen molar-refractivity contribution in [1.29, 1.82) is 0 Å². The Balaban J connectivity index is 1.93. The Morgan fingerprint density at radius 1 is 0.842 bits per heavy atom. The van der Waals surface area contributed by atoms with E-state index in [1.807, 2.05) is 0 Å². The molecule has 0 bridgehead atoms. The lowest BCUT2D eigenvalue weighted by molar-refractivity contribution is -0.384. The molecule has 2 atom stereocenters. The maximum atomic E-state index is 13.7. The molecule has 3 aromatic rings. The molecule has 1 saturated heterocycles. The number of hydrogen-bond acceptors (Lipinski definition) is 9. The van der Waals surface area contributed by atoms with Gasteiger partial charge in [0.05, 0.1) is 24.1 Å². The molecule has 38 heavy (non-hydrogen) atoms. The number of nitrogens with zero attached hydrogens (tertiary/aromatic N) is 2. The molecule has 10 heteroatoms. The zero-order valence-electron chi connectivity index (χ0n) is 20.8. The Morgan fingerprint density at radius 2 is 1.37 bits per heavy atom. The molecule has 1 aliphatic rings. The van der Waals surface area contributed by atoms with Crippen LogP contribution < -0.4 is 9.64 Å². The second-order valence-electron chi connectivity index (χ2n) is 8.42. The highest BCUT2D eigenvalue weighted by Crippen LogP contribution is 2.53. The van der Waals surface area contributed by atoms with E-state index < -0.39 is 40.3 Å². The molecule has 1 aliphatic heterocycles. The number of carbonyl (C=O) groups excluding carboxylic acids is 3. The van der Waals surface area contributed by atoms with E-state index >= 15 is 0 Å². The third-order valence-corrected chi connectivity index (χ3v) is 6.30. The van der Waals surface area contributed by atoms with Gasteiger partial charge >= 0.3 is 17.9 Å². The molecule has 0 aromatic heterocycles. The van der Waals surface area contributed by atoms with Crippen molar-refractivity contribution < 1.29 is 33.5 Å². The molecule has 0 radical (unpaired) electrons. The first-order valence-corrected chi connectivity index (χ1v) is 12.1. The van der Waals surface area contributed by atoms with Crippen molar-refractivity contribution in [2.45, 2.75) is 31.3 Å². The molecule has 196 valence electrons. The molecule has 1 fully saturated rings. The van der Waals surface area contributed by atoms with E-state index in [2.05, 4.69) is 0 Å². The van der Waals surface area contributed by atoms with Crippen molar-refractivity contribution in [2.75, 3.05) is 18.1 Å². The number of carbonyl (C=O) groups is 3. The molecular weight excluding hydrogens is 492 g/mol. The number of non-ortho nitro benzene ring substituents is 1. The normalized spacial score (nSPS) is 17.6. The summed E-state index contributed by atoms with van der Waals surface area (Å²) in [7, 11) is 0. The lowest BCUT2D eigenvalue weighted by Gasteiger charge is -2.59. The first-order chi connectivity index (χ1) is 18.4. The van der Waals surface area contributed by atoms with Crippen molar-refractivity contribution in [1.82, 2.24) is 0 Å². The quantitative estimate of drug-likeness (QED) is 0.136. The molecule has 0 aliphatic carbocycles. The SMILES string of the molecule is CCOC(=O)C1(C(=O)OCC)C(c2ccc([N+](=O)[O-])cc2)C(C(=O)Oc2ccccc2)N1c1ccccc1. The average molecular weight is 519 g/mol. The van der Waals surface area contributed by atoms with Gasteiger partial charge in [-0.3, -0.25) is 10.1 Å². The number of anilines is 1. The zero-order chi connectivity index (χ0) is 27.3. The highest BCUT2D eigenvalue weighted by atomic mass is 16.6. The van der Waals surface area contributed by atoms with E-state index in [0.717, 1.165) is 0 Å². The van der Waals surface area contributed by atoms with E-state index in [1.165, 1.54) is 29.2 Å². The predicted octanol–water partition coefficient (Wildman–Crippen LogP) is 4.04. The standard InChI is InChI=1S/C28H26N2O8/c1-3-36-26(32)28(27(33)37-4-2)23(19-15-17-21(18-16-19)30(34)35)24(29(28)20-11-7-5-8-12-20)25(31)38-22-13-9-6-10-14-22/h5-18,23-24H,3-4H2,1-2H3. The van der Waals surface area contributed by atoms with Crippen LogP contribution in [0, 0.1) is 10.1 Å². The van der Waals surface area contributed by atoms with Gasteiger partial charge in [0.1, 0.15) is 11.8 Å².